The number of aromatic hydroxyl groups is 1. The van der Waals surface area contributed by atoms with Crippen molar-refractivity contribution in [2.45, 2.75) is 56.5 Å². The fourth-order valence-electron chi connectivity index (χ4n) is 2.82. The molecular weight excluding hydrogens is 442 g/mol. The zero-order valence-corrected chi connectivity index (χ0v) is 20.1. The highest BCUT2D eigenvalue weighted by Crippen LogP contribution is 2.22. The third-order valence-electron chi connectivity index (χ3n) is 5.07. The van der Waals surface area contributed by atoms with Crippen LogP contribution in [0.25, 0.3) is 0 Å². The van der Waals surface area contributed by atoms with E-state index in [4.69, 9.17) is 16.6 Å². The number of carboxylic acid groups (broad SMARTS) is 1. The topological polar surface area (TPSA) is 159 Å². The number of primary amides is 1. The van der Waals surface area contributed by atoms with E-state index in [0.29, 0.717) is 12.1 Å². The Labute approximate surface area is 200 Å². The Balaban J connectivity index is 0.000000513. The van der Waals surface area contributed by atoms with Crippen LogP contribution in [0.15, 0.2) is 48.5 Å². The molecule has 2 aromatic carbocycles. The van der Waals surface area contributed by atoms with Gasteiger partial charge >= 0.3 is 5.97 Å². The van der Waals surface area contributed by atoms with Crippen LogP contribution in [-0.2, 0) is 11.2 Å². The summed E-state index contributed by atoms with van der Waals surface area (Å²) in [5.41, 5.74) is 12.3. The quantitative estimate of drug-likeness (QED) is 0.258. The summed E-state index contributed by atoms with van der Waals surface area (Å²) >= 11 is 3.98. The van der Waals surface area contributed by atoms with Gasteiger partial charge in [0, 0.05) is 17.3 Å². The summed E-state index contributed by atoms with van der Waals surface area (Å²) in [5, 5.41) is 31.5. The van der Waals surface area contributed by atoms with Crippen LogP contribution in [-0.4, -0.2) is 50.6 Å². The Bertz CT molecular complexity index is 903. The first-order chi connectivity index (χ1) is 15.3. The van der Waals surface area contributed by atoms with Crippen molar-refractivity contribution in [2.75, 3.05) is 6.54 Å². The Morgan fingerprint density at radius 3 is 2.24 bits per heavy atom. The van der Waals surface area contributed by atoms with Crippen molar-refractivity contribution >= 4 is 24.5 Å². The van der Waals surface area contributed by atoms with Gasteiger partial charge in [0.1, 0.15) is 11.8 Å². The van der Waals surface area contributed by atoms with Crippen LogP contribution in [0.2, 0.25) is 0 Å². The van der Waals surface area contributed by atoms with Gasteiger partial charge in [-0.2, -0.15) is 12.6 Å². The first kappa shape index (κ1) is 28.4. The number of nitrogens with one attached hydrogen (secondary N) is 1. The van der Waals surface area contributed by atoms with Gasteiger partial charge in [-0.3, -0.25) is 9.59 Å². The fraction of sp³-hybridized carbons (Fsp3) is 0.417. The molecule has 0 fully saturated rings. The monoisotopic (exact) mass is 477 g/mol. The number of thiol groups is 1. The molecule has 0 saturated heterocycles. The minimum absolute atomic E-state index is 0.0173. The molecule has 0 saturated carbocycles. The number of phenols is 1. The molecule has 2 rings (SSSR count). The lowest BCUT2D eigenvalue weighted by Gasteiger charge is -2.21. The van der Waals surface area contributed by atoms with E-state index in [1.54, 1.807) is 19.9 Å². The lowest BCUT2D eigenvalue weighted by Crippen LogP contribution is -2.45. The number of carboxylic acids is 1. The standard InChI is InChI=1S/C19H24N2O3.C5H11NO2S/c1-13(7-8-14-5-3-2-4-6-14)21-12-18(23)15-9-10-17(22)16(11-15)19(20)24;1-5(2,9)3(6)4(7)8/h2-6,9-11,13,18,21-23H,7-8,12H2,1H3,(H2,20,24);3,9H,6H2,1-2H3,(H,7,8)/t;3-/m.0/s1. The van der Waals surface area contributed by atoms with Crippen molar-refractivity contribution in [1.29, 1.82) is 0 Å². The molecule has 9 heteroatoms. The van der Waals surface area contributed by atoms with Crippen molar-refractivity contribution < 1.29 is 24.9 Å². The molecule has 33 heavy (non-hydrogen) atoms. The fourth-order valence-corrected chi connectivity index (χ4v) is 2.93. The number of aryl methyl sites for hydroxylation is 1. The molecule has 0 aliphatic carbocycles. The average molecular weight is 478 g/mol. The molecule has 8 nitrogen and oxygen atoms in total. The Kier molecular flexibility index (Phi) is 11.4. The zero-order chi connectivity index (χ0) is 25.2. The molecule has 0 aliphatic rings. The Morgan fingerprint density at radius 2 is 1.76 bits per heavy atom. The van der Waals surface area contributed by atoms with Crippen LogP contribution in [0.5, 0.6) is 5.75 Å². The number of carbonyl (C=O) groups excluding carboxylic acids is 1. The zero-order valence-electron chi connectivity index (χ0n) is 19.2. The van der Waals surface area contributed by atoms with Gasteiger partial charge in [-0.15, -0.1) is 0 Å². The lowest BCUT2D eigenvalue weighted by atomic mass is 10.0. The smallest absolute Gasteiger partial charge is 0.321 e. The van der Waals surface area contributed by atoms with Gasteiger partial charge in [-0.25, -0.2) is 0 Å². The van der Waals surface area contributed by atoms with Gasteiger partial charge in [0.25, 0.3) is 5.91 Å². The first-order valence-electron chi connectivity index (χ1n) is 10.6. The Morgan fingerprint density at radius 1 is 1.15 bits per heavy atom. The van der Waals surface area contributed by atoms with Crippen LogP contribution in [0.4, 0.5) is 0 Å². The number of carbonyl (C=O) groups is 2. The van der Waals surface area contributed by atoms with E-state index in [0.717, 1.165) is 12.8 Å². The van der Waals surface area contributed by atoms with Gasteiger partial charge in [-0.05, 0) is 56.9 Å². The lowest BCUT2D eigenvalue weighted by molar-refractivity contribution is -0.139. The molecule has 0 aliphatic heterocycles. The van der Waals surface area contributed by atoms with Crippen molar-refractivity contribution in [3.8, 4) is 5.75 Å². The highest BCUT2D eigenvalue weighted by molar-refractivity contribution is 7.81. The molecule has 182 valence electrons. The molecule has 0 aromatic heterocycles. The highest BCUT2D eigenvalue weighted by Gasteiger charge is 2.27. The highest BCUT2D eigenvalue weighted by atomic mass is 32.1. The van der Waals surface area contributed by atoms with Crippen LogP contribution >= 0.6 is 12.6 Å². The van der Waals surface area contributed by atoms with Gasteiger partial charge in [0.05, 0.1) is 11.7 Å². The number of nitrogens with two attached hydrogens (primary N) is 2. The van der Waals surface area contributed by atoms with Crippen molar-refractivity contribution in [3.63, 3.8) is 0 Å². The molecule has 3 atom stereocenters. The number of benzene rings is 2. The van der Waals surface area contributed by atoms with Gasteiger partial charge in [0.15, 0.2) is 0 Å². The number of aliphatic hydroxyl groups excluding tert-OH is 1. The predicted molar refractivity (Wildman–Crippen MR) is 132 cm³/mol. The maximum atomic E-state index is 11.2. The van der Waals surface area contributed by atoms with Crippen molar-refractivity contribution in [2.24, 2.45) is 11.5 Å². The van der Waals surface area contributed by atoms with E-state index in [1.807, 2.05) is 18.2 Å². The summed E-state index contributed by atoms with van der Waals surface area (Å²) in [5.74, 6) is -1.91. The molecule has 0 bridgehead atoms. The summed E-state index contributed by atoms with van der Waals surface area (Å²) in [7, 11) is 0. The minimum Gasteiger partial charge on any atom is -0.507 e. The maximum absolute atomic E-state index is 11.2. The molecule has 2 unspecified atom stereocenters. The summed E-state index contributed by atoms with van der Waals surface area (Å²) in [4.78, 5) is 21.4. The third kappa shape index (κ3) is 10.3. The van der Waals surface area contributed by atoms with Crippen LogP contribution < -0.4 is 16.8 Å². The molecular formula is C24H35N3O5S. The Hall–Kier alpha value is -2.59. The van der Waals surface area contributed by atoms with Crippen LogP contribution in [0.3, 0.4) is 0 Å². The van der Waals surface area contributed by atoms with E-state index in [-0.39, 0.29) is 17.4 Å². The summed E-state index contributed by atoms with van der Waals surface area (Å²) < 4.78 is -0.647. The number of rotatable bonds is 10. The summed E-state index contributed by atoms with van der Waals surface area (Å²) in [6.45, 7) is 5.75. The molecule has 0 heterocycles. The first-order valence-corrected chi connectivity index (χ1v) is 11.1. The van der Waals surface area contributed by atoms with E-state index < -0.39 is 28.8 Å². The maximum Gasteiger partial charge on any atom is 0.321 e. The number of aliphatic hydroxyl groups is 1. The van der Waals surface area contributed by atoms with E-state index in [9.17, 15) is 19.8 Å². The normalized spacial score (nSPS) is 13.9. The van der Waals surface area contributed by atoms with Crippen molar-refractivity contribution in [1.82, 2.24) is 5.32 Å². The van der Waals surface area contributed by atoms with Crippen LogP contribution in [0.1, 0.15) is 54.8 Å². The van der Waals surface area contributed by atoms with Gasteiger partial charge in [-0.1, -0.05) is 36.4 Å². The molecule has 2 aromatic rings. The number of amides is 1. The second-order valence-corrected chi connectivity index (χ2v) is 9.61. The van der Waals surface area contributed by atoms with E-state index >= 15 is 0 Å². The second-order valence-electron chi connectivity index (χ2n) is 8.46. The van der Waals surface area contributed by atoms with E-state index in [2.05, 4.69) is 37.0 Å². The molecule has 0 radical (unpaired) electrons. The predicted octanol–water partition coefficient (Wildman–Crippen LogP) is 2.24. The van der Waals surface area contributed by atoms with Crippen LogP contribution in [0, 0.1) is 0 Å². The minimum atomic E-state index is -1.02. The van der Waals surface area contributed by atoms with Gasteiger partial charge < -0.3 is 32.1 Å². The van der Waals surface area contributed by atoms with Crippen molar-refractivity contribution in [3.05, 3.63) is 65.2 Å². The number of aliphatic carboxylic acids is 1. The van der Waals surface area contributed by atoms with E-state index in [1.165, 1.54) is 17.7 Å². The third-order valence-corrected chi connectivity index (χ3v) is 5.34. The largest absolute Gasteiger partial charge is 0.507 e. The number of hydrogen-bond donors (Lipinski definition) is 7. The average Bonchev–Trinajstić information content (AvgIpc) is 2.76. The summed E-state index contributed by atoms with van der Waals surface area (Å²) in [6, 6.07) is 14.0. The SMILES string of the molecule is CC(C)(S)[C@@H](N)C(=O)O.CC(CCc1ccccc1)NCC(O)c1ccc(O)c(C(N)=O)c1. The number of hydrogen-bond acceptors (Lipinski definition) is 7. The molecule has 1 amide bonds. The molecule has 8 N–H and O–H groups in total. The van der Waals surface area contributed by atoms with Gasteiger partial charge in [0.2, 0.25) is 0 Å². The molecule has 0 spiro atoms. The second kappa shape index (κ2) is 13.2. The summed E-state index contributed by atoms with van der Waals surface area (Å²) in [6.07, 6.45) is 1.15.